The summed E-state index contributed by atoms with van der Waals surface area (Å²) in [6.45, 7) is 1.62. The molecule has 3 N–H and O–H groups in total. The molecule has 0 aliphatic carbocycles. The second-order valence-electron chi connectivity index (χ2n) is 2.49. The number of nitrogens with zero attached hydrogens (tertiary/aromatic N) is 1. The Balaban J connectivity index is 2.62. The summed E-state index contributed by atoms with van der Waals surface area (Å²) in [5.41, 5.74) is 0. The minimum Gasteiger partial charge on any atom is -0.360 e. The van der Waals surface area contributed by atoms with Crippen LogP contribution in [0, 0.1) is 6.92 Å². The van der Waals surface area contributed by atoms with Gasteiger partial charge in [0.15, 0.2) is 5.82 Å². The lowest BCUT2D eigenvalue weighted by atomic mass is 10.5. The molecule has 0 saturated carbocycles. The Hall–Kier alpha value is -0.950. The first kappa shape index (κ1) is 13.1. The molecule has 0 radical (unpaired) electrons. The molecule has 1 heterocycles. The van der Waals surface area contributed by atoms with Crippen molar-refractivity contribution in [2.75, 3.05) is 5.32 Å². The van der Waals surface area contributed by atoms with E-state index in [9.17, 15) is 9.13 Å². The van der Waals surface area contributed by atoms with Crippen molar-refractivity contribution in [3.63, 3.8) is 0 Å². The molecule has 1 aromatic rings. The quantitative estimate of drug-likeness (QED) is 0.511. The molecule has 0 aliphatic rings. The predicted octanol–water partition coefficient (Wildman–Crippen LogP) is 1.01. The topological polar surface area (TPSA) is 131 Å². The molecule has 0 spiro atoms. The van der Waals surface area contributed by atoms with Crippen LogP contribution in [-0.2, 0) is 18.2 Å². The Morgan fingerprint density at radius 1 is 1.44 bits per heavy atom. The Bertz CT molecular complexity index is 378. The Morgan fingerprint density at radius 3 is 2.38 bits per heavy atom. The molecule has 0 aliphatic heterocycles. The van der Waals surface area contributed by atoms with Gasteiger partial charge >= 0.3 is 22.9 Å². The molecular weight excluding hydrogens is 262 g/mol. The molecule has 11 heteroatoms. The zero-order valence-electron chi connectivity index (χ0n) is 7.93. The molecule has 2 atom stereocenters. The average molecular weight is 270 g/mol. The molecule has 0 saturated heterocycles. The van der Waals surface area contributed by atoms with Gasteiger partial charge in [0.25, 0.3) is 0 Å². The van der Waals surface area contributed by atoms with Crippen molar-refractivity contribution in [3.05, 3.63) is 11.8 Å². The number of hydrogen-bond donors (Lipinski definition) is 3. The van der Waals surface area contributed by atoms with Gasteiger partial charge in [-0.3, -0.25) is 0 Å². The SMILES string of the molecule is Cc1cc(NC(O[P+](=O)O)O[P+](=O)O)no1. The highest BCUT2D eigenvalue weighted by atomic mass is 31.1. The maximum Gasteiger partial charge on any atom is 0.699 e. The van der Waals surface area contributed by atoms with E-state index in [4.69, 9.17) is 9.79 Å². The highest BCUT2D eigenvalue weighted by Gasteiger charge is 2.33. The van der Waals surface area contributed by atoms with E-state index in [2.05, 4.69) is 24.0 Å². The maximum atomic E-state index is 10.4. The third-order valence-electron chi connectivity index (χ3n) is 1.27. The molecule has 9 nitrogen and oxygen atoms in total. The van der Waals surface area contributed by atoms with Gasteiger partial charge in [-0.2, -0.15) is 0 Å². The molecule has 88 valence electrons. The summed E-state index contributed by atoms with van der Waals surface area (Å²) in [6, 6.07) is 1.44. The Morgan fingerprint density at radius 2 is 2.00 bits per heavy atom. The first-order chi connectivity index (χ1) is 7.47. The molecule has 0 fully saturated rings. The van der Waals surface area contributed by atoms with E-state index in [-0.39, 0.29) is 5.82 Å². The van der Waals surface area contributed by atoms with Gasteiger partial charge in [-0.1, -0.05) is 14.2 Å². The fraction of sp³-hybridized carbons (Fsp3) is 0.400. The molecular formula is C5H8N2O7P2+2. The van der Waals surface area contributed by atoms with Gasteiger partial charge in [0, 0.05) is 15.2 Å². The molecule has 0 aromatic carbocycles. The normalized spacial score (nSPS) is 14.4. The number of nitrogens with one attached hydrogen (secondary N) is 1. The van der Waals surface area contributed by atoms with Crippen LogP contribution in [0.2, 0.25) is 0 Å². The van der Waals surface area contributed by atoms with Gasteiger partial charge in [0.1, 0.15) is 5.76 Å². The maximum absolute atomic E-state index is 10.4. The zero-order chi connectivity index (χ0) is 12.1. The van der Waals surface area contributed by atoms with Crippen LogP contribution in [0.3, 0.4) is 0 Å². The van der Waals surface area contributed by atoms with Crippen molar-refractivity contribution in [3.8, 4) is 0 Å². The van der Waals surface area contributed by atoms with Gasteiger partial charge in [-0.05, 0) is 6.92 Å². The van der Waals surface area contributed by atoms with Gasteiger partial charge in [0.2, 0.25) is 0 Å². The molecule has 0 amide bonds. The molecule has 1 aromatic heterocycles. The predicted molar refractivity (Wildman–Crippen MR) is 50.5 cm³/mol. The van der Waals surface area contributed by atoms with E-state index < -0.39 is 22.9 Å². The summed E-state index contributed by atoms with van der Waals surface area (Å²) in [6.07, 6.45) is -1.58. The first-order valence-electron chi connectivity index (χ1n) is 3.83. The fourth-order valence-corrected chi connectivity index (χ4v) is 1.38. The molecule has 16 heavy (non-hydrogen) atoms. The number of aryl methyl sites for hydroxylation is 1. The standard InChI is InChI=1S/C5H6N2O7P2/c1-3-2-4(7-12-3)6-5(13-15(8)9)14-16(10)11/h2,5H,1H3,(H-2,6,7,8,9,10,11)/p+2. The Kier molecular flexibility index (Phi) is 4.88. The van der Waals surface area contributed by atoms with Gasteiger partial charge in [-0.25, -0.2) is 0 Å². The van der Waals surface area contributed by atoms with Crippen molar-refractivity contribution < 1.29 is 32.5 Å². The highest BCUT2D eigenvalue weighted by molar-refractivity contribution is 7.32. The van der Waals surface area contributed by atoms with Crippen molar-refractivity contribution in [2.24, 2.45) is 0 Å². The highest BCUT2D eigenvalue weighted by Crippen LogP contribution is 2.26. The summed E-state index contributed by atoms with van der Waals surface area (Å²) < 4.78 is 34.0. The van der Waals surface area contributed by atoms with E-state index in [1.165, 1.54) is 6.07 Å². The largest absolute Gasteiger partial charge is 0.699 e. The van der Waals surface area contributed by atoms with Gasteiger partial charge in [0.05, 0.1) is 0 Å². The number of anilines is 1. The minimum absolute atomic E-state index is 0.135. The van der Waals surface area contributed by atoms with Crippen molar-refractivity contribution in [1.82, 2.24) is 5.16 Å². The van der Waals surface area contributed by atoms with Gasteiger partial charge in [-0.15, -0.1) is 9.79 Å². The van der Waals surface area contributed by atoms with Crippen LogP contribution in [0.4, 0.5) is 5.82 Å². The van der Waals surface area contributed by atoms with E-state index in [1.807, 2.05) is 0 Å². The third kappa shape index (κ3) is 4.71. The summed E-state index contributed by atoms with van der Waals surface area (Å²) >= 11 is 0. The lowest BCUT2D eigenvalue weighted by molar-refractivity contribution is 0.0257. The van der Waals surface area contributed by atoms with Crippen LogP contribution in [0.25, 0.3) is 0 Å². The fourth-order valence-electron chi connectivity index (χ4n) is 0.791. The van der Waals surface area contributed by atoms with Crippen LogP contribution in [0.5, 0.6) is 0 Å². The summed E-state index contributed by atoms with van der Waals surface area (Å²) in [4.78, 5) is 16.9. The second kappa shape index (κ2) is 5.95. The summed E-state index contributed by atoms with van der Waals surface area (Å²) in [5, 5.41) is 5.80. The monoisotopic (exact) mass is 270 g/mol. The molecule has 1 rings (SSSR count). The third-order valence-corrected chi connectivity index (χ3v) is 2.01. The van der Waals surface area contributed by atoms with Crippen LogP contribution >= 0.6 is 16.5 Å². The van der Waals surface area contributed by atoms with Crippen LogP contribution in [-0.4, -0.2) is 21.4 Å². The minimum atomic E-state index is -3.00. The van der Waals surface area contributed by atoms with E-state index in [1.54, 1.807) is 6.92 Å². The number of hydrogen-bond acceptors (Lipinski definition) is 7. The average Bonchev–Trinajstić information content (AvgIpc) is 2.48. The summed E-state index contributed by atoms with van der Waals surface area (Å²) in [7, 11) is -5.99. The Labute approximate surface area is 91.2 Å². The van der Waals surface area contributed by atoms with Crippen LogP contribution < -0.4 is 5.32 Å². The van der Waals surface area contributed by atoms with E-state index in [0.717, 1.165) is 0 Å². The lowest BCUT2D eigenvalue weighted by Crippen LogP contribution is -2.21. The van der Waals surface area contributed by atoms with Crippen molar-refractivity contribution in [2.45, 2.75) is 13.3 Å². The molecule has 2 unspecified atom stereocenters. The van der Waals surface area contributed by atoms with Crippen molar-refractivity contribution in [1.29, 1.82) is 0 Å². The van der Waals surface area contributed by atoms with E-state index in [0.29, 0.717) is 5.76 Å². The van der Waals surface area contributed by atoms with Gasteiger partial charge < -0.3 is 9.84 Å². The van der Waals surface area contributed by atoms with E-state index >= 15 is 0 Å². The van der Waals surface area contributed by atoms with Crippen LogP contribution in [0.1, 0.15) is 5.76 Å². The lowest BCUT2D eigenvalue weighted by Gasteiger charge is -2.02. The molecule has 0 bridgehead atoms. The van der Waals surface area contributed by atoms with Crippen molar-refractivity contribution >= 4 is 22.3 Å². The first-order valence-corrected chi connectivity index (χ1v) is 6.09. The number of aromatic nitrogens is 1. The number of rotatable bonds is 6. The summed E-state index contributed by atoms with van der Waals surface area (Å²) in [5.74, 6) is 0.610. The smallest absolute Gasteiger partial charge is 0.360 e. The zero-order valence-corrected chi connectivity index (χ0v) is 9.72. The second-order valence-corrected chi connectivity index (χ2v) is 3.86. The van der Waals surface area contributed by atoms with Crippen LogP contribution in [0.15, 0.2) is 10.6 Å².